The molecule has 8 heteroatoms. The van der Waals surface area contributed by atoms with E-state index in [0.29, 0.717) is 23.5 Å². The maximum Gasteiger partial charge on any atom is 0.263 e. The van der Waals surface area contributed by atoms with Crippen LogP contribution in [0.2, 0.25) is 0 Å². The summed E-state index contributed by atoms with van der Waals surface area (Å²) in [4.78, 5) is 31.4. The zero-order chi connectivity index (χ0) is 19.1. The molecule has 0 aliphatic carbocycles. The number of H-pyrrole nitrogens is 1. The number of aromatic nitrogens is 6. The van der Waals surface area contributed by atoms with Crippen molar-refractivity contribution < 1.29 is 0 Å². The maximum atomic E-state index is 12.6. The molecule has 1 N–H and O–H groups in total. The summed E-state index contributed by atoms with van der Waals surface area (Å²) in [5, 5.41) is 4.84. The van der Waals surface area contributed by atoms with E-state index in [4.69, 9.17) is 4.98 Å². The minimum atomic E-state index is -0.190. The van der Waals surface area contributed by atoms with Gasteiger partial charge in [0.15, 0.2) is 5.65 Å². The summed E-state index contributed by atoms with van der Waals surface area (Å²) in [5.74, 6) is 1.37. The average Bonchev–Trinajstić information content (AvgIpc) is 3.18. The molecule has 0 fully saturated rings. The zero-order valence-corrected chi connectivity index (χ0v) is 15.5. The summed E-state index contributed by atoms with van der Waals surface area (Å²) in [6, 6.07) is 9.69. The van der Waals surface area contributed by atoms with E-state index in [1.807, 2.05) is 43.5 Å². The van der Waals surface area contributed by atoms with Gasteiger partial charge < -0.3 is 4.90 Å². The highest BCUT2D eigenvalue weighted by Gasteiger charge is 2.22. The highest BCUT2D eigenvalue weighted by molar-refractivity contribution is 5.76. The van der Waals surface area contributed by atoms with Crippen molar-refractivity contribution in [2.75, 3.05) is 11.4 Å². The minimum absolute atomic E-state index is 0.190. The molecule has 5 rings (SSSR count). The second-order valence-corrected chi connectivity index (χ2v) is 6.80. The van der Waals surface area contributed by atoms with Crippen molar-refractivity contribution in [1.82, 2.24) is 29.7 Å². The van der Waals surface area contributed by atoms with Gasteiger partial charge in [-0.1, -0.05) is 25.1 Å². The normalized spacial score (nSPS) is 13.7. The van der Waals surface area contributed by atoms with E-state index in [2.05, 4.69) is 25.0 Å². The van der Waals surface area contributed by atoms with Gasteiger partial charge in [0.05, 0.1) is 24.1 Å². The van der Waals surface area contributed by atoms with Gasteiger partial charge in [0.2, 0.25) is 5.95 Å². The number of nitrogens with one attached hydrogen (secondary N) is 1. The molecule has 0 saturated heterocycles. The molecule has 1 aliphatic rings. The minimum Gasteiger partial charge on any atom is -0.336 e. The van der Waals surface area contributed by atoms with Gasteiger partial charge in [-0.15, -0.1) is 0 Å². The largest absolute Gasteiger partial charge is 0.336 e. The van der Waals surface area contributed by atoms with E-state index < -0.39 is 0 Å². The fourth-order valence-corrected chi connectivity index (χ4v) is 3.51. The first-order valence-corrected chi connectivity index (χ1v) is 9.35. The molecule has 0 bridgehead atoms. The van der Waals surface area contributed by atoms with Gasteiger partial charge >= 0.3 is 0 Å². The fourth-order valence-electron chi connectivity index (χ4n) is 3.51. The monoisotopic (exact) mass is 373 g/mol. The molecule has 140 valence electrons. The average molecular weight is 373 g/mol. The van der Waals surface area contributed by atoms with Crippen LogP contribution < -0.4 is 10.5 Å². The number of fused-ring (bicyclic) bond motifs is 2. The molecule has 4 aromatic rings. The van der Waals surface area contributed by atoms with E-state index in [1.54, 1.807) is 10.9 Å². The lowest BCUT2D eigenvalue weighted by Crippen LogP contribution is -2.34. The van der Waals surface area contributed by atoms with Gasteiger partial charge in [-0.3, -0.25) is 9.78 Å². The Morgan fingerprint density at radius 3 is 2.82 bits per heavy atom. The number of aryl methyl sites for hydroxylation is 1. The molecule has 1 aromatic carbocycles. The molecule has 0 amide bonds. The maximum absolute atomic E-state index is 12.6. The number of para-hydroxylation sites is 1. The van der Waals surface area contributed by atoms with Gasteiger partial charge in [-0.25, -0.2) is 14.6 Å². The number of nitrogens with zero attached hydrogens (tertiary/aromatic N) is 6. The molecule has 28 heavy (non-hydrogen) atoms. The smallest absolute Gasteiger partial charge is 0.263 e. The van der Waals surface area contributed by atoms with Crippen LogP contribution in [0.4, 0.5) is 5.95 Å². The molecule has 0 unspecified atom stereocenters. The Morgan fingerprint density at radius 2 is 2.00 bits per heavy atom. The van der Waals surface area contributed by atoms with Crippen molar-refractivity contribution in [1.29, 1.82) is 0 Å². The van der Waals surface area contributed by atoms with E-state index in [-0.39, 0.29) is 5.56 Å². The van der Waals surface area contributed by atoms with Crippen LogP contribution in [-0.2, 0) is 19.4 Å². The molecular weight excluding hydrogens is 354 g/mol. The van der Waals surface area contributed by atoms with Crippen LogP contribution in [-0.4, -0.2) is 36.3 Å². The Kier molecular flexibility index (Phi) is 3.89. The third kappa shape index (κ3) is 2.74. The number of anilines is 1. The van der Waals surface area contributed by atoms with Crippen molar-refractivity contribution >= 4 is 17.0 Å². The van der Waals surface area contributed by atoms with Crippen LogP contribution >= 0.6 is 0 Å². The molecule has 0 radical (unpaired) electrons. The summed E-state index contributed by atoms with van der Waals surface area (Å²) in [5.41, 5.74) is 3.38. The summed E-state index contributed by atoms with van der Waals surface area (Å²) >= 11 is 0. The van der Waals surface area contributed by atoms with Gasteiger partial charge in [0, 0.05) is 19.2 Å². The SMILES string of the molecule is CCc1ncc2c(n1)CN(c1nc3c(cnn3-c3ccccc3)c(=O)[nH]1)CC2. The fraction of sp³-hybridized carbons (Fsp3) is 0.250. The Labute approximate surface area is 160 Å². The Bertz CT molecular complexity index is 1210. The van der Waals surface area contributed by atoms with Crippen molar-refractivity contribution in [3.63, 3.8) is 0 Å². The molecule has 3 aromatic heterocycles. The molecule has 4 heterocycles. The third-order valence-electron chi connectivity index (χ3n) is 5.04. The van der Waals surface area contributed by atoms with Crippen molar-refractivity contribution in [3.8, 4) is 5.69 Å². The Balaban J connectivity index is 1.57. The summed E-state index contributed by atoms with van der Waals surface area (Å²) in [6.07, 6.45) is 5.09. The highest BCUT2D eigenvalue weighted by Crippen LogP contribution is 2.22. The molecule has 0 spiro atoms. The number of rotatable bonds is 3. The predicted octanol–water partition coefficient (Wildman–Crippen LogP) is 2.02. The Hall–Kier alpha value is -3.55. The van der Waals surface area contributed by atoms with Crippen LogP contribution in [0.1, 0.15) is 24.0 Å². The summed E-state index contributed by atoms with van der Waals surface area (Å²) in [6.45, 7) is 3.38. The van der Waals surface area contributed by atoms with Crippen LogP contribution in [0, 0.1) is 0 Å². The first-order valence-electron chi connectivity index (χ1n) is 9.35. The van der Waals surface area contributed by atoms with Gasteiger partial charge in [-0.05, 0) is 24.1 Å². The lowest BCUT2D eigenvalue weighted by molar-refractivity contribution is 0.674. The molecule has 8 nitrogen and oxygen atoms in total. The second-order valence-electron chi connectivity index (χ2n) is 6.80. The first-order chi connectivity index (χ1) is 13.7. The lowest BCUT2D eigenvalue weighted by atomic mass is 10.1. The van der Waals surface area contributed by atoms with Gasteiger partial charge in [0.25, 0.3) is 5.56 Å². The zero-order valence-electron chi connectivity index (χ0n) is 15.5. The lowest BCUT2D eigenvalue weighted by Gasteiger charge is -2.28. The van der Waals surface area contributed by atoms with Gasteiger partial charge in [-0.2, -0.15) is 10.1 Å². The summed E-state index contributed by atoms with van der Waals surface area (Å²) < 4.78 is 1.70. The Morgan fingerprint density at radius 1 is 1.14 bits per heavy atom. The van der Waals surface area contributed by atoms with E-state index in [9.17, 15) is 4.79 Å². The highest BCUT2D eigenvalue weighted by atomic mass is 16.1. The van der Waals surface area contributed by atoms with Gasteiger partial charge in [0.1, 0.15) is 11.2 Å². The predicted molar refractivity (Wildman–Crippen MR) is 106 cm³/mol. The quantitative estimate of drug-likeness (QED) is 0.591. The third-order valence-corrected chi connectivity index (χ3v) is 5.04. The summed E-state index contributed by atoms with van der Waals surface area (Å²) in [7, 11) is 0. The molecule has 0 saturated carbocycles. The molecule has 0 atom stereocenters. The first kappa shape index (κ1) is 16.6. The van der Waals surface area contributed by atoms with Crippen LogP contribution in [0.15, 0.2) is 47.5 Å². The number of hydrogen-bond donors (Lipinski definition) is 1. The second kappa shape index (κ2) is 6.56. The number of hydrogen-bond acceptors (Lipinski definition) is 6. The topological polar surface area (TPSA) is 92.6 Å². The number of aromatic amines is 1. The molecular formula is C20H19N7O. The molecule has 1 aliphatic heterocycles. The van der Waals surface area contributed by atoms with Crippen molar-refractivity contribution in [2.45, 2.75) is 26.3 Å². The number of benzene rings is 1. The van der Waals surface area contributed by atoms with Crippen LogP contribution in [0.25, 0.3) is 16.7 Å². The van der Waals surface area contributed by atoms with Crippen LogP contribution in [0.5, 0.6) is 0 Å². The van der Waals surface area contributed by atoms with Crippen molar-refractivity contribution in [3.05, 3.63) is 70.2 Å². The van der Waals surface area contributed by atoms with E-state index in [1.165, 1.54) is 0 Å². The van der Waals surface area contributed by atoms with E-state index in [0.717, 1.165) is 42.2 Å². The van der Waals surface area contributed by atoms with E-state index >= 15 is 0 Å². The van der Waals surface area contributed by atoms with Crippen LogP contribution in [0.3, 0.4) is 0 Å². The van der Waals surface area contributed by atoms with Crippen molar-refractivity contribution in [2.24, 2.45) is 0 Å². The standard InChI is InChI=1S/C20H19N7O/c1-2-17-21-10-13-8-9-26(12-16(13)23-17)20-24-18-15(19(28)25-20)11-22-27(18)14-6-4-3-5-7-14/h3-7,10-11H,2,8-9,12H2,1H3,(H,24,25,28).